The van der Waals surface area contributed by atoms with Gasteiger partial charge in [0, 0.05) is 36.0 Å². The minimum absolute atomic E-state index is 0.148. The van der Waals surface area contributed by atoms with Crippen molar-refractivity contribution >= 4 is 5.69 Å². The number of anilines is 1. The van der Waals surface area contributed by atoms with Crippen LogP contribution in [0.15, 0.2) is 18.3 Å². The number of nitrogens with zero attached hydrogens (tertiary/aromatic N) is 1. The smallest absolute Gasteiger partial charge is 0.152 e. The molecular formula is C14H13F3N2O2. The lowest BCUT2D eigenvalue weighted by molar-refractivity contribution is 0.279. The molecule has 4 nitrogen and oxygen atoms in total. The highest BCUT2D eigenvalue weighted by Crippen LogP contribution is 2.26. The summed E-state index contributed by atoms with van der Waals surface area (Å²) in [5.74, 6) is -3.35. The number of nitrogens with one attached hydrogen (secondary N) is 1. The van der Waals surface area contributed by atoms with Gasteiger partial charge in [-0.05, 0) is 6.92 Å². The van der Waals surface area contributed by atoms with Crippen LogP contribution < -0.4 is 5.32 Å². The topological polar surface area (TPSA) is 65.4 Å². The molecular weight excluding hydrogens is 285 g/mol. The van der Waals surface area contributed by atoms with Crippen molar-refractivity contribution < 1.29 is 23.4 Å². The van der Waals surface area contributed by atoms with Crippen molar-refractivity contribution in [2.75, 3.05) is 5.32 Å². The van der Waals surface area contributed by atoms with Crippen molar-refractivity contribution in [3.05, 3.63) is 52.6 Å². The molecule has 2 aromatic rings. The molecule has 1 aromatic carbocycles. The molecule has 112 valence electrons. The van der Waals surface area contributed by atoms with E-state index in [1.165, 1.54) is 6.20 Å². The summed E-state index contributed by atoms with van der Waals surface area (Å²) in [6.45, 7) is 1.02. The lowest BCUT2D eigenvalue weighted by atomic mass is 10.1. The molecule has 3 N–H and O–H groups in total. The van der Waals surface area contributed by atoms with E-state index in [0.29, 0.717) is 23.4 Å². The summed E-state index contributed by atoms with van der Waals surface area (Å²) < 4.78 is 39.8. The van der Waals surface area contributed by atoms with Crippen LogP contribution in [0.5, 0.6) is 5.75 Å². The van der Waals surface area contributed by atoms with Crippen molar-refractivity contribution in [2.24, 2.45) is 0 Å². The van der Waals surface area contributed by atoms with E-state index >= 15 is 0 Å². The largest absolute Gasteiger partial charge is 0.506 e. The zero-order chi connectivity index (χ0) is 15.6. The first kappa shape index (κ1) is 15.1. The highest BCUT2D eigenvalue weighted by Gasteiger charge is 2.15. The van der Waals surface area contributed by atoms with Crippen LogP contribution in [0.25, 0.3) is 0 Å². The first-order valence-electron chi connectivity index (χ1n) is 6.09. The maximum absolute atomic E-state index is 13.5. The Balaban J connectivity index is 2.31. The van der Waals surface area contributed by atoms with E-state index in [-0.39, 0.29) is 24.5 Å². The van der Waals surface area contributed by atoms with E-state index in [1.807, 2.05) is 0 Å². The Morgan fingerprint density at radius 2 is 1.81 bits per heavy atom. The number of benzene rings is 1. The van der Waals surface area contributed by atoms with Crippen LogP contribution in [0, 0.1) is 24.4 Å². The van der Waals surface area contributed by atoms with E-state index in [4.69, 9.17) is 0 Å². The van der Waals surface area contributed by atoms with Gasteiger partial charge in [0.1, 0.15) is 17.3 Å². The van der Waals surface area contributed by atoms with Gasteiger partial charge in [-0.15, -0.1) is 0 Å². The Kier molecular flexibility index (Phi) is 4.32. The van der Waals surface area contributed by atoms with Crippen LogP contribution in [-0.4, -0.2) is 15.2 Å². The summed E-state index contributed by atoms with van der Waals surface area (Å²) in [6, 6.07) is 1.10. The Morgan fingerprint density at radius 3 is 2.38 bits per heavy atom. The lowest BCUT2D eigenvalue weighted by Crippen LogP contribution is -2.08. The van der Waals surface area contributed by atoms with E-state index in [2.05, 4.69) is 10.3 Å². The van der Waals surface area contributed by atoms with Gasteiger partial charge in [0.25, 0.3) is 0 Å². The molecule has 7 heteroatoms. The molecule has 0 radical (unpaired) electrons. The van der Waals surface area contributed by atoms with E-state index in [9.17, 15) is 23.4 Å². The highest BCUT2D eigenvalue weighted by molar-refractivity contribution is 5.49. The molecule has 0 fully saturated rings. The number of hydrogen-bond acceptors (Lipinski definition) is 4. The number of aromatic nitrogens is 1. The second kappa shape index (κ2) is 6.01. The third-order valence-corrected chi connectivity index (χ3v) is 3.05. The first-order valence-corrected chi connectivity index (χ1v) is 6.09. The van der Waals surface area contributed by atoms with Crippen molar-refractivity contribution in [1.29, 1.82) is 0 Å². The zero-order valence-corrected chi connectivity index (χ0v) is 11.1. The first-order chi connectivity index (χ1) is 9.93. The summed E-state index contributed by atoms with van der Waals surface area (Å²) in [6.07, 6.45) is 1.36. The fourth-order valence-corrected chi connectivity index (χ4v) is 1.91. The average molecular weight is 298 g/mol. The van der Waals surface area contributed by atoms with E-state index in [1.54, 1.807) is 6.92 Å². The van der Waals surface area contributed by atoms with Gasteiger partial charge < -0.3 is 15.5 Å². The minimum Gasteiger partial charge on any atom is -0.506 e. The van der Waals surface area contributed by atoms with Crippen LogP contribution in [0.2, 0.25) is 0 Å². The molecule has 0 saturated heterocycles. The molecule has 1 heterocycles. The van der Waals surface area contributed by atoms with Crippen LogP contribution >= 0.6 is 0 Å². The molecule has 0 spiro atoms. The van der Waals surface area contributed by atoms with Gasteiger partial charge in [-0.3, -0.25) is 4.98 Å². The van der Waals surface area contributed by atoms with Crippen LogP contribution in [-0.2, 0) is 13.2 Å². The van der Waals surface area contributed by atoms with Crippen molar-refractivity contribution in [3.8, 4) is 5.75 Å². The summed E-state index contributed by atoms with van der Waals surface area (Å²) in [5, 5.41) is 21.6. The quantitative estimate of drug-likeness (QED) is 0.812. The number of rotatable bonds is 4. The van der Waals surface area contributed by atoms with Gasteiger partial charge in [-0.2, -0.15) is 0 Å². The summed E-state index contributed by atoms with van der Waals surface area (Å²) in [5.41, 5.74) is 0.417. The normalized spacial score (nSPS) is 10.7. The number of aromatic hydroxyl groups is 1. The second-order valence-electron chi connectivity index (χ2n) is 4.45. The van der Waals surface area contributed by atoms with Gasteiger partial charge in [0.2, 0.25) is 0 Å². The number of aliphatic hydroxyl groups excluding tert-OH is 1. The number of pyridine rings is 1. The van der Waals surface area contributed by atoms with Gasteiger partial charge in [-0.1, -0.05) is 0 Å². The van der Waals surface area contributed by atoms with Crippen LogP contribution in [0.4, 0.5) is 18.9 Å². The lowest BCUT2D eigenvalue weighted by Gasteiger charge is -2.14. The maximum Gasteiger partial charge on any atom is 0.152 e. The summed E-state index contributed by atoms with van der Waals surface area (Å²) in [7, 11) is 0. The predicted octanol–water partition coefficient (Wildman–Crippen LogP) is 2.62. The molecule has 0 aliphatic heterocycles. The van der Waals surface area contributed by atoms with Crippen molar-refractivity contribution in [2.45, 2.75) is 20.1 Å². The maximum atomic E-state index is 13.5. The number of aliphatic hydroxyl groups is 1. The van der Waals surface area contributed by atoms with E-state index in [0.717, 1.165) is 0 Å². The monoisotopic (exact) mass is 298 g/mol. The zero-order valence-electron chi connectivity index (χ0n) is 11.1. The Bertz CT molecular complexity index is 655. The molecule has 0 saturated carbocycles. The molecule has 0 unspecified atom stereocenters. The summed E-state index contributed by atoms with van der Waals surface area (Å²) in [4.78, 5) is 3.88. The minimum atomic E-state index is -1.08. The fraction of sp³-hybridized carbons (Fsp3) is 0.214. The molecule has 0 aliphatic carbocycles. The van der Waals surface area contributed by atoms with Crippen molar-refractivity contribution in [1.82, 2.24) is 4.98 Å². The van der Waals surface area contributed by atoms with E-state index < -0.39 is 23.1 Å². The Hall–Kier alpha value is -2.28. The third kappa shape index (κ3) is 3.08. The molecule has 0 amide bonds. The number of halogens is 3. The molecule has 1 aromatic heterocycles. The van der Waals surface area contributed by atoms with Gasteiger partial charge in [0.15, 0.2) is 11.6 Å². The third-order valence-electron chi connectivity index (χ3n) is 3.05. The molecule has 21 heavy (non-hydrogen) atoms. The summed E-state index contributed by atoms with van der Waals surface area (Å²) >= 11 is 0. The Morgan fingerprint density at radius 1 is 1.19 bits per heavy atom. The van der Waals surface area contributed by atoms with Crippen LogP contribution in [0.3, 0.4) is 0 Å². The number of aryl methyl sites for hydroxylation is 1. The van der Waals surface area contributed by atoms with Gasteiger partial charge in [0.05, 0.1) is 12.3 Å². The highest BCUT2D eigenvalue weighted by atomic mass is 19.1. The number of hydrogen-bond donors (Lipinski definition) is 3. The fourth-order valence-electron chi connectivity index (χ4n) is 1.91. The standard InChI is InChI=1S/C14H13F3N2O2/c1-7-14(21)10(8(6-20)4-18-7)5-19-13-11(16)2-9(15)3-12(13)17/h2-4,19-21H,5-6H2,1H3. The predicted molar refractivity (Wildman–Crippen MR) is 70.2 cm³/mol. The second-order valence-corrected chi connectivity index (χ2v) is 4.45. The van der Waals surface area contributed by atoms with Gasteiger partial charge >= 0.3 is 0 Å². The molecule has 2 rings (SSSR count). The van der Waals surface area contributed by atoms with Gasteiger partial charge in [-0.25, -0.2) is 13.2 Å². The van der Waals surface area contributed by atoms with Crippen molar-refractivity contribution in [3.63, 3.8) is 0 Å². The van der Waals surface area contributed by atoms with Crippen LogP contribution in [0.1, 0.15) is 16.8 Å². The molecule has 0 atom stereocenters. The Labute approximate surface area is 118 Å². The molecule has 0 bridgehead atoms. The average Bonchev–Trinajstić information content (AvgIpc) is 2.42. The molecule has 0 aliphatic rings. The SMILES string of the molecule is Cc1ncc(CO)c(CNc2c(F)cc(F)cc2F)c1O.